The molecule has 1 aromatic heterocycles. The fraction of sp³-hybridized carbons (Fsp3) is 0.312. The number of aromatic nitrogens is 1. The van der Waals surface area contributed by atoms with Crippen molar-refractivity contribution in [2.45, 2.75) is 4.90 Å². The summed E-state index contributed by atoms with van der Waals surface area (Å²) in [4.78, 5) is 17.0. The number of sulfonamides is 1. The minimum atomic E-state index is -3.65. The van der Waals surface area contributed by atoms with Crippen LogP contribution < -0.4 is 4.74 Å². The third-order valence-electron chi connectivity index (χ3n) is 4.04. The van der Waals surface area contributed by atoms with Gasteiger partial charge in [-0.1, -0.05) is 12.1 Å². The minimum Gasteiger partial charge on any atom is -0.495 e. The molecule has 2 heterocycles. The molecule has 24 heavy (non-hydrogen) atoms. The van der Waals surface area contributed by atoms with Gasteiger partial charge < -0.3 is 14.6 Å². The fourth-order valence-corrected chi connectivity index (χ4v) is 4.31. The predicted octanol–water partition coefficient (Wildman–Crippen LogP) is 1.17. The van der Waals surface area contributed by atoms with Crippen LogP contribution >= 0.6 is 0 Å². The van der Waals surface area contributed by atoms with Crippen LogP contribution in [0.1, 0.15) is 10.5 Å². The third kappa shape index (κ3) is 3.02. The second kappa shape index (κ2) is 6.66. The summed E-state index contributed by atoms with van der Waals surface area (Å²) in [6.45, 7) is 1.22. The molecule has 1 fully saturated rings. The monoisotopic (exact) mass is 349 g/mol. The maximum Gasteiger partial charge on any atom is 0.270 e. The van der Waals surface area contributed by atoms with Crippen molar-refractivity contribution in [3.63, 3.8) is 0 Å². The van der Waals surface area contributed by atoms with Gasteiger partial charge in [-0.05, 0) is 24.3 Å². The smallest absolute Gasteiger partial charge is 0.270 e. The molecule has 0 unspecified atom stereocenters. The van der Waals surface area contributed by atoms with Gasteiger partial charge in [0.2, 0.25) is 10.0 Å². The van der Waals surface area contributed by atoms with E-state index >= 15 is 0 Å². The number of aromatic amines is 1. The van der Waals surface area contributed by atoms with Gasteiger partial charge in [0.25, 0.3) is 5.91 Å². The van der Waals surface area contributed by atoms with Crippen molar-refractivity contribution >= 4 is 15.9 Å². The molecule has 8 heteroatoms. The highest BCUT2D eigenvalue weighted by molar-refractivity contribution is 7.89. The van der Waals surface area contributed by atoms with Gasteiger partial charge in [0.1, 0.15) is 16.3 Å². The molecule has 0 radical (unpaired) electrons. The topological polar surface area (TPSA) is 82.7 Å². The zero-order chi connectivity index (χ0) is 17.2. The summed E-state index contributed by atoms with van der Waals surface area (Å²) in [5.74, 6) is 0.205. The number of methoxy groups -OCH3 is 1. The van der Waals surface area contributed by atoms with Gasteiger partial charge in [-0.2, -0.15) is 4.31 Å². The largest absolute Gasteiger partial charge is 0.495 e. The molecule has 128 valence electrons. The van der Waals surface area contributed by atoms with Crippen LogP contribution in [0.4, 0.5) is 0 Å². The lowest BCUT2D eigenvalue weighted by atomic mass is 10.3. The number of para-hydroxylation sites is 1. The minimum absolute atomic E-state index is 0.116. The van der Waals surface area contributed by atoms with Gasteiger partial charge in [0.05, 0.1) is 7.11 Å². The van der Waals surface area contributed by atoms with E-state index in [0.717, 1.165) is 0 Å². The standard InChI is InChI=1S/C16H19N3O4S/c1-23-14-6-2-3-7-15(14)24(21,22)19-11-9-18(10-12-19)16(20)13-5-4-8-17-13/h2-8,17H,9-12H2,1H3. The first-order valence-electron chi connectivity index (χ1n) is 7.60. The Morgan fingerprint density at radius 1 is 1.08 bits per heavy atom. The van der Waals surface area contributed by atoms with Gasteiger partial charge >= 0.3 is 0 Å². The highest BCUT2D eigenvalue weighted by atomic mass is 32.2. The van der Waals surface area contributed by atoms with Gasteiger partial charge in [-0.15, -0.1) is 0 Å². The molecule has 0 saturated carbocycles. The van der Waals surface area contributed by atoms with E-state index < -0.39 is 10.0 Å². The summed E-state index contributed by atoms with van der Waals surface area (Å²) >= 11 is 0. The van der Waals surface area contributed by atoms with E-state index in [1.165, 1.54) is 17.5 Å². The number of carbonyl (C=O) groups is 1. The Morgan fingerprint density at radius 2 is 1.79 bits per heavy atom. The number of amides is 1. The van der Waals surface area contributed by atoms with Crippen LogP contribution in [-0.4, -0.2) is 61.8 Å². The summed E-state index contributed by atoms with van der Waals surface area (Å²) in [7, 11) is -2.20. The van der Waals surface area contributed by atoms with Crippen molar-refractivity contribution in [2.75, 3.05) is 33.3 Å². The Morgan fingerprint density at radius 3 is 2.42 bits per heavy atom. The lowest BCUT2D eigenvalue weighted by molar-refractivity contribution is 0.0692. The summed E-state index contributed by atoms with van der Waals surface area (Å²) in [6.07, 6.45) is 1.69. The van der Waals surface area contributed by atoms with Crippen molar-refractivity contribution in [1.29, 1.82) is 0 Å². The molecular formula is C16H19N3O4S. The van der Waals surface area contributed by atoms with Crippen molar-refractivity contribution < 1.29 is 17.9 Å². The van der Waals surface area contributed by atoms with Gasteiger partial charge in [-0.25, -0.2) is 8.42 Å². The molecular weight excluding hydrogens is 330 g/mol. The normalized spacial score (nSPS) is 16.1. The van der Waals surface area contributed by atoms with E-state index in [9.17, 15) is 13.2 Å². The van der Waals surface area contributed by atoms with Crippen molar-refractivity contribution in [1.82, 2.24) is 14.2 Å². The van der Waals surface area contributed by atoms with Crippen LogP contribution in [0.25, 0.3) is 0 Å². The van der Waals surface area contributed by atoms with E-state index in [2.05, 4.69) is 4.98 Å². The fourth-order valence-electron chi connectivity index (χ4n) is 2.74. The number of benzene rings is 1. The number of carbonyl (C=O) groups excluding carboxylic acids is 1. The van der Waals surface area contributed by atoms with Crippen LogP contribution in [0.3, 0.4) is 0 Å². The van der Waals surface area contributed by atoms with Gasteiger partial charge in [-0.3, -0.25) is 4.79 Å². The maximum absolute atomic E-state index is 12.8. The quantitative estimate of drug-likeness (QED) is 0.898. The van der Waals surface area contributed by atoms with Crippen LogP contribution in [-0.2, 0) is 10.0 Å². The Kier molecular flexibility index (Phi) is 4.59. The number of rotatable bonds is 4. The molecule has 0 aliphatic carbocycles. The van der Waals surface area contributed by atoms with E-state index in [4.69, 9.17) is 4.74 Å². The number of hydrogen-bond donors (Lipinski definition) is 1. The number of nitrogens with zero attached hydrogens (tertiary/aromatic N) is 2. The molecule has 0 spiro atoms. The Bertz CT molecular complexity index is 810. The van der Waals surface area contributed by atoms with Crippen LogP contribution in [0.2, 0.25) is 0 Å². The van der Waals surface area contributed by atoms with Crippen molar-refractivity contribution in [3.05, 3.63) is 48.3 Å². The molecule has 1 aliphatic rings. The first-order chi connectivity index (χ1) is 11.5. The molecule has 0 bridgehead atoms. The van der Waals surface area contributed by atoms with Crippen molar-refractivity contribution in [2.24, 2.45) is 0 Å². The zero-order valence-electron chi connectivity index (χ0n) is 13.3. The average Bonchev–Trinajstić information content (AvgIpc) is 3.15. The second-order valence-electron chi connectivity index (χ2n) is 5.43. The lowest BCUT2D eigenvalue weighted by Gasteiger charge is -2.34. The second-order valence-corrected chi connectivity index (χ2v) is 7.34. The van der Waals surface area contributed by atoms with Gasteiger partial charge in [0, 0.05) is 32.4 Å². The Balaban J connectivity index is 1.73. The molecule has 0 atom stereocenters. The Hall–Kier alpha value is -2.32. The average molecular weight is 349 g/mol. The van der Waals surface area contributed by atoms with Crippen molar-refractivity contribution in [3.8, 4) is 5.75 Å². The first-order valence-corrected chi connectivity index (χ1v) is 9.04. The third-order valence-corrected chi connectivity index (χ3v) is 5.98. The van der Waals surface area contributed by atoms with E-state index in [-0.39, 0.29) is 23.9 Å². The number of ether oxygens (including phenoxy) is 1. The van der Waals surface area contributed by atoms with Crippen LogP contribution in [0, 0.1) is 0 Å². The molecule has 1 amide bonds. The molecule has 2 aromatic rings. The summed E-state index contributed by atoms with van der Waals surface area (Å²) in [5, 5.41) is 0. The Labute approximate surface area is 140 Å². The zero-order valence-corrected chi connectivity index (χ0v) is 14.1. The summed E-state index contributed by atoms with van der Waals surface area (Å²) in [6, 6.07) is 10.0. The molecule has 3 rings (SSSR count). The molecule has 1 saturated heterocycles. The number of piperazine rings is 1. The molecule has 1 aliphatic heterocycles. The predicted molar refractivity (Wildman–Crippen MR) is 88.4 cm³/mol. The number of hydrogen-bond acceptors (Lipinski definition) is 4. The SMILES string of the molecule is COc1ccccc1S(=O)(=O)N1CCN(C(=O)c2ccc[nH]2)CC1. The highest BCUT2D eigenvalue weighted by Gasteiger charge is 2.32. The highest BCUT2D eigenvalue weighted by Crippen LogP contribution is 2.27. The maximum atomic E-state index is 12.8. The van der Waals surface area contributed by atoms with E-state index in [1.807, 2.05) is 0 Å². The van der Waals surface area contributed by atoms with E-state index in [0.29, 0.717) is 24.5 Å². The van der Waals surface area contributed by atoms with E-state index in [1.54, 1.807) is 41.4 Å². The molecule has 1 aromatic carbocycles. The number of H-pyrrole nitrogens is 1. The van der Waals surface area contributed by atoms with Crippen LogP contribution in [0.15, 0.2) is 47.5 Å². The lowest BCUT2D eigenvalue weighted by Crippen LogP contribution is -2.50. The molecule has 1 N–H and O–H groups in total. The first kappa shape index (κ1) is 16.5. The van der Waals surface area contributed by atoms with Crippen LogP contribution in [0.5, 0.6) is 5.75 Å². The number of nitrogens with one attached hydrogen (secondary N) is 1. The molecule has 7 nitrogen and oxygen atoms in total. The summed E-state index contributed by atoms with van der Waals surface area (Å²) in [5.41, 5.74) is 0.510. The van der Waals surface area contributed by atoms with Gasteiger partial charge in [0.15, 0.2) is 0 Å². The summed E-state index contributed by atoms with van der Waals surface area (Å²) < 4.78 is 32.2.